The molecular formula is C16H19ClN4O. The minimum atomic E-state index is -2.96. The van der Waals surface area contributed by atoms with Crippen LogP contribution < -0.4 is 0 Å². The first kappa shape index (κ1) is 11.0. The van der Waals surface area contributed by atoms with E-state index in [2.05, 4.69) is 16.0 Å². The molecule has 1 aliphatic carbocycles. The first-order valence-corrected chi connectivity index (χ1v) is 7.66. The van der Waals surface area contributed by atoms with Crippen molar-refractivity contribution in [3.05, 3.63) is 23.2 Å². The zero-order valence-corrected chi connectivity index (χ0v) is 12.7. The highest BCUT2D eigenvalue weighted by molar-refractivity contribution is 6.29. The second-order valence-electron chi connectivity index (χ2n) is 5.69. The van der Waals surface area contributed by atoms with Crippen molar-refractivity contribution in [3.8, 4) is 6.07 Å². The number of halogens is 1. The van der Waals surface area contributed by atoms with Crippen LogP contribution in [0.15, 0.2) is 12.3 Å². The van der Waals surface area contributed by atoms with Crippen LogP contribution >= 0.6 is 11.6 Å². The third-order valence-corrected chi connectivity index (χ3v) is 4.52. The summed E-state index contributed by atoms with van der Waals surface area (Å²) in [4.78, 5) is 8.17. The van der Waals surface area contributed by atoms with E-state index in [1.807, 2.05) is 0 Å². The molecule has 1 atom stereocenters. The van der Waals surface area contributed by atoms with Crippen LogP contribution in [0.2, 0.25) is 5.15 Å². The summed E-state index contributed by atoms with van der Waals surface area (Å²) in [5.41, 5.74) is 0.942. The van der Waals surface area contributed by atoms with Gasteiger partial charge in [0.25, 0.3) is 0 Å². The van der Waals surface area contributed by atoms with Crippen molar-refractivity contribution in [2.45, 2.75) is 51.1 Å². The predicted octanol–water partition coefficient (Wildman–Crippen LogP) is 3.78. The minimum absolute atomic E-state index is 0.123. The maximum Gasteiger partial charge on any atom is 0.138 e. The molecule has 0 radical (unpaired) electrons. The summed E-state index contributed by atoms with van der Waals surface area (Å²) in [5.74, 6) is 0.0949. The van der Waals surface area contributed by atoms with Gasteiger partial charge in [0, 0.05) is 22.6 Å². The van der Waals surface area contributed by atoms with E-state index in [0.29, 0.717) is 36.2 Å². The fourth-order valence-electron chi connectivity index (χ4n) is 3.25. The van der Waals surface area contributed by atoms with Crippen molar-refractivity contribution in [1.82, 2.24) is 14.5 Å². The van der Waals surface area contributed by atoms with Crippen LogP contribution in [0.5, 0.6) is 0 Å². The largest absolute Gasteiger partial charge is 0.385 e. The molecule has 116 valence electrons. The SMILES string of the molecule is [2H]C([2H])([2H])C([2H])(O)c1nc2cnc(Cl)cc2n1C1CCC(CC#N)CC1. The molecule has 2 heterocycles. The average molecular weight is 323 g/mol. The van der Waals surface area contributed by atoms with Crippen LogP contribution in [0.25, 0.3) is 11.0 Å². The molecule has 0 amide bonds. The molecule has 1 N–H and O–H groups in total. The standard InChI is InChI=1S/C16H19ClN4O/c1-10(22)16-20-13-9-19-15(17)8-14(13)21(16)12-4-2-11(3-5-12)6-7-18/h8-12,22H,2-6H2,1H3/i1D3,10D. The van der Waals surface area contributed by atoms with Gasteiger partial charge < -0.3 is 9.67 Å². The summed E-state index contributed by atoms with van der Waals surface area (Å²) >= 11 is 6.00. The molecule has 0 saturated heterocycles. The highest BCUT2D eigenvalue weighted by Crippen LogP contribution is 2.37. The van der Waals surface area contributed by atoms with Crippen molar-refractivity contribution in [1.29, 1.82) is 5.26 Å². The summed E-state index contributed by atoms with van der Waals surface area (Å²) in [6.07, 6.45) is 2.12. The first-order chi connectivity index (χ1) is 12.1. The quantitative estimate of drug-likeness (QED) is 0.872. The fourth-order valence-corrected chi connectivity index (χ4v) is 3.40. The van der Waals surface area contributed by atoms with Gasteiger partial charge in [-0.15, -0.1) is 0 Å². The molecule has 6 heteroatoms. The zero-order chi connectivity index (χ0) is 19.1. The van der Waals surface area contributed by atoms with Crippen LogP contribution in [0, 0.1) is 17.2 Å². The van der Waals surface area contributed by atoms with Crippen molar-refractivity contribution < 1.29 is 10.6 Å². The Balaban J connectivity index is 2.09. The summed E-state index contributed by atoms with van der Waals surface area (Å²) < 4.78 is 32.4. The van der Waals surface area contributed by atoms with Gasteiger partial charge in [0.2, 0.25) is 0 Å². The first-order valence-electron chi connectivity index (χ1n) is 9.28. The van der Waals surface area contributed by atoms with Crippen LogP contribution in [-0.4, -0.2) is 19.6 Å². The zero-order valence-electron chi connectivity index (χ0n) is 16.0. The molecule has 0 aromatic carbocycles. The van der Waals surface area contributed by atoms with E-state index in [1.165, 1.54) is 6.20 Å². The number of rotatable bonds is 3. The van der Waals surface area contributed by atoms with Gasteiger partial charge in [-0.3, -0.25) is 0 Å². The molecule has 0 bridgehead atoms. The normalized spacial score (nSPS) is 28.0. The van der Waals surface area contributed by atoms with Gasteiger partial charge in [-0.05, 0) is 38.5 Å². The lowest BCUT2D eigenvalue weighted by molar-refractivity contribution is 0.175. The van der Waals surface area contributed by atoms with E-state index in [4.69, 9.17) is 22.3 Å². The van der Waals surface area contributed by atoms with Crippen molar-refractivity contribution in [3.63, 3.8) is 0 Å². The van der Waals surface area contributed by atoms with Crippen LogP contribution in [-0.2, 0) is 0 Å². The molecule has 2 aromatic rings. The molecule has 1 aliphatic rings. The Morgan fingerprint density at radius 2 is 2.36 bits per heavy atom. The lowest BCUT2D eigenvalue weighted by Gasteiger charge is -2.30. The summed E-state index contributed by atoms with van der Waals surface area (Å²) in [5, 5.41) is 19.6. The Kier molecular flexibility index (Phi) is 3.11. The molecule has 1 fully saturated rings. The maximum absolute atomic E-state index is 10.5. The highest BCUT2D eigenvalue weighted by atomic mass is 35.5. The molecule has 22 heavy (non-hydrogen) atoms. The van der Waals surface area contributed by atoms with E-state index in [-0.39, 0.29) is 17.0 Å². The number of aromatic nitrogens is 3. The summed E-state index contributed by atoms with van der Waals surface area (Å²) in [6, 6.07) is 3.64. The minimum Gasteiger partial charge on any atom is -0.385 e. The Bertz CT molecular complexity index is 850. The fraction of sp³-hybridized carbons (Fsp3) is 0.562. The number of aliphatic hydroxyl groups is 1. The number of hydrogen-bond acceptors (Lipinski definition) is 4. The second-order valence-corrected chi connectivity index (χ2v) is 6.07. The van der Waals surface area contributed by atoms with Crippen molar-refractivity contribution >= 4 is 22.6 Å². The number of hydrogen-bond donors (Lipinski definition) is 1. The Hall–Kier alpha value is -1.64. The lowest BCUT2D eigenvalue weighted by atomic mass is 9.84. The average Bonchev–Trinajstić information content (AvgIpc) is 2.94. The van der Waals surface area contributed by atoms with Gasteiger partial charge in [-0.1, -0.05) is 11.6 Å². The van der Waals surface area contributed by atoms with Crippen LogP contribution in [0.4, 0.5) is 0 Å². The Morgan fingerprint density at radius 3 is 3.05 bits per heavy atom. The topological polar surface area (TPSA) is 74.7 Å². The van der Waals surface area contributed by atoms with Crippen molar-refractivity contribution in [2.24, 2.45) is 5.92 Å². The van der Waals surface area contributed by atoms with Gasteiger partial charge in [-0.25, -0.2) is 9.97 Å². The maximum atomic E-state index is 10.5. The molecule has 5 nitrogen and oxygen atoms in total. The number of imidazole rings is 1. The van der Waals surface area contributed by atoms with E-state index >= 15 is 0 Å². The predicted molar refractivity (Wildman–Crippen MR) is 84.4 cm³/mol. The van der Waals surface area contributed by atoms with Gasteiger partial charge in [0.15, 0.2) is 0 Å². The monoisotopic (exact) mass is 322 g/mol. The second kappa shape index (κ2) is 6.23. The molecule has 2 aromatic heterocycles. The van der Waals surface area contributed by atoms with Crippen molar-refractivity contribution in [2.75, 3.05) is 0 Å². The van der Waals surface area contributed by atoms with E-state index in [0.717, 1.165) is 12.8 Å². The number of nitriles is 1. The molecule has 1 saturated carbocycles. The third kappa shape index (κ3) is 2.81. The summed E-state index contributed by atoms with van der Waals surface area (Å²) in [6.45, 7) is -2.96. The van der Waals surface area contributed by atoms with E-state index in [1.54, 1.807) is 10.6 Å². The van der Waals surface area contributed by atoms with Crippen LogP contribution in [0.3, 0.4) is 0 Å². The van der Waals surface area contributed by atoms with E-state index < -0.39 is 12.9 Å². The molecule has 0 spiro atoms. The molecular weight excluding hydrogens is 300 g/mol. The number of fused-ring (bicyclic) bond motifs is 1. The van der Waals surface area contributed by atoms with Gasteiger partial charge in [-0.2, -0.15) is 5.26 Å². The van der Waals surface area contributed by atoms with Gasteiger partial charge in [0.05, 0.1) is 19.2 Å². The number of nitrogens with zero attached hydrogens (tertiary/aromatic N) is 4. The van der Waals surface area contributed by atoms with Gasteiger partial charge >= 0.3 is 0 Å². The third-order valence-electron chi connectivity index (χ3n) is 4.32. The molecule has 0 aliphatic heterocycles. The smallest absolute Gasteiger partial charge is 0.138 e. The Morgan fingerprint density at radius 1 is 1.59 bits per heavy atom. The number of pyridine rings is 1. The van der Waals surface area contributed by atoms with Gasteiger partial charge in [0.1, 0.15) is 22.6 Å². The Labute approximate surface area is 140 Å². The molecule has 3 rings (SSSR count). The van der Waals surface area contributed by atoms with Crippen LogP contribution in [0.1, 0.15) is 62.4 Å². The highest BCUT2D eigenvalue weighted by Gasteiger charge is 2.27. The lowest BCUT2D eigenvalue weighted by Crippen LogP contribution is -2.20. The van der Waals surface area contributed by atoms with E-state index in [9.17, 15) is 5.11 Å². The summed E-state index contributed by atoms with van der Waals surface area (Å²) in [7, 11) is 0. The molecule has 1 unspecified atom stereocenters.